The van der Waals surface area contributed by atoms with E-state index in [0.29, 0.717) is 16.6 Å². The van der Waals surface area contributed by atoms with Crippen LogP contribution in [0.1, 0.15) is 24.8 Å². The maximum atomic E-state index is 8.80. The second-order valence-electron chi connectivity index (χ2n) is 4.76. The molecule has 2 fully saturated rings. The second-order valence-corrected chi connectivity index (χ2v) is 5.17. The van der Waals surface area contributed by atoms with Gasteiger partial charge in [-0.05, 0) is 43.4 Å². The first-order valence-corrected chi connectivity index (χ1v) is 6.12. The van der Waals surface area contributed by atoms with E-state index in [1.165, 1.54) is 19.3 Å². The van der Waals surface area contributed by atoms with Crippen molar-refractivity contribution in [3.05, 3.63) is 28.8 Å². The van der Waals surface area contributed by atoms with E-state index in [1.54, 1.807) is 6.07 Å². The van der Waals surface area contributed by atoms with Crippen LogP contribution in [0.5, 0.6) is 0 Å². The van der Waals surface area contributed by atoms with E-state index in [9.17, 15) is 0 Å². The van der Waals surface area contributed by atoms with Crippen LogP contribution in [0.25, 0.3) is 0 Å². The lowest BCUT2D eigenvalue weighted by Crippen LogP contribution is -2.31. The molecule has 2 bridgehead atoms. The summed E-state index contributed by atoms with van der Waals surface area (Å²) in [6.45, 7) is 1.14. The monoisotopic (exact) mass is 232 g/mol. The summed E-state index contributed by atoms with van der Waals surface area (Å²) in [6.07, 6.45) is 3.98. The van der Waals surface area contributed by atoms with Gasteiger partial charge in [-0.1, -0.05) is 11.6 Å². The van der Waals surface area contributed by atoms with Crippen LogP contribution in [0.4, 0.5) is 5.69 Å². The third-order valence-electron chi connectivity index (χ3n) is 3.80. The van der Waals surface area contributed by atoms with Gasteiger partial charge in [-0.15, -0.1) is 0 Å². The molecular weight excluding hydrogens is 220 g/mol. The summed E-state index contributed by atoms with van der Waals surface area (Å²) >= 11 is 6.23. The molecule has 0 amide bonds. The van der Waals surface area contributed by atoms with Gasteiger partial charge in [0.2, 0.25) is 0 Å². The highest BCUT2D eigenvalue weighted by Gasteiger charge is 2.38. The highest BCUT2D eigenvalue weighted by atomic mass is 35.5. The molecule has 2 aliphatic rings. The summed E-state index contributed by atoms with van der Waals surface area (Å²) in [6, 6.07) is 8.40. The van der Waals surface area contributed by atoms with Crippen molar-refractivity contribution in [3.8, 4) is 6.07 Å². The molecule has 2 nitrogen and oxygen atoms in total. The largest absolute Gasteiger partial charge is 0.367 e. The Balaban J connectivity index is 1.93. The van der Waals surface area contributed by atoms with E-state index in [1.807, 2.05) is 12.1 Å². The fourth-order valence-electron chi connectivity index (χ4n) is 3.03. The second kappa shape index (κ2) is 3.68. The van der Waals surface area contributed by atoms with E-state index in [2.05, 4.69) is 11.0 Å². The zero-order chi connectivity index (χ0) is 11.1. The number of hydrogen-bond acceptors (Lipinski definition) is 2. The molecule has 3 rings (SSSR count). The average molecular weight is 233 g/mol. The molecular formula is C13H13ClN2. The molecule has 1 heterocycles. The molecule has 82 valence electrons. The first-order chi connectivity index (χ1) is 7.78. The Morgan fingerprint density at radius 2 is 2.25 bits per heavy atom. The number of piperidine rings is 1. The number of halogens is 1. The van der Waals surface area contributed by atoms with Crippen molar-refractivity contribution in [2.24, 2.45) is 5.92 Å². The van der Waals surface area contributed by atoms with Crippen molar-refractivity contribution in [3.63, 3.8) is 0 Å². The Morgan fingerprint density at radius 1 is 1.38 bits per heavy atom. The minimum absolute atomic E-state index is 0.637. The van der Waals surface area contributed by atoms with Gasteiger partial charge in [-0.2, -0.15) is 5.26 Å². The predicted octanol–water partition coefficient (Wildman–Crippen LogP) is 3.20. The molecule has 3 heteroatoms. The van der Waals surface area contributed by atoms with Gasteiger partial charge in [0.15, 0.2) is 0 Å². The van der Waals surface area contributed by atoms with Gasteiger partial charge in [-0.3, -0.25) is 0 Å². The topological polar surface area (TPSA) is 27.0 Å². The zero-order valence-corrected chi connectivity index (χ0v) is 9.74. The van der Waals surface area contributed by atoms with Gasteiger partial charge in [-0.25, -0.2) is 0 Å². The molecule has 1 aromatic rings. The molecule has 1 aliphatic carbocycles. The minimum Gasteiger partial charge on any atom is -0.367 e. The van der Waals surface area contributed by atoms with E-state index in [4.69, 9.17) is 16.9 Å². The Hall–Kier alpha value is -1.20. The summed E-state index contributed by atoms with van der Waals surface area (Å²) in [5.74, 6) is 0.858. The van der Waals surface area contributed by atoms with Gasteiger partial charge >= 0.3 is 0 Å². The van der Waals surface area contributed by atoms with Gasteiger partial charge < -0.3 is 4.90 Å². The van der Waals surface area contributed by atoms with Gasteiger partial charge in [0.05, 0.1) is 22.3 Å². The van der Waals surface area contributed by atoms with Gasteiger partial charge in [0, 0.05) is 12.6 Å². The van der Waals surface area contributed by atoms with Crippen LogP contribution >= 0.6 is 11.6 Å². The normalized spacial score (nSPS) is 27.1. The summed E-state index contributed by atoms with van der Waals surface area (Å²) in [7, 11) is 0. The number of hydrogen-bond donors (Lipinski definition) is 0. The van der Waals surface area contributed by atoms with Crippen molar-refractivity contribution in [2.75, 3.05) is 11.4 Å². The number of nitrogens with zero attached hydrogens (tertiary/aromatic N) is 2. The first-order valence-electron chi connectivity index (χ1n) is 5.74. The van der Waals surface area contributed by atoms with Crippen molar-refractivity contribution >= 4 is 17.3 Å². The molecule has 0 spiro atoms. The van der Waals surface area contributed by atoms with Crippen molar-refractivity contribution in [2.45, 2.75) is 25.3 Å². The maximum Gasteiger partial charge on any atom is 0.0992 e. The summed E-state index contributed by atoms with van der Waals surface area (Å²) < 4.78 is 0. The number of anilines is 1. The Kier molecular flexibility index (Phi) is 2.29. The Labute approximate surface area is 100 Å². The van der Waals surface area contributed by atoms with Crippen LogP contribution in [-0.4, -0.2) is 12.6 Å². The fraction of sp³-hybridized carbons (Fsp3) is 0.462. The number of fused-ring (bicyclic) bond motifs is 2. The molecule has 0 aromatic heterocycles. The van der Waals surface area contributed by atoms with Crippen LogP contribution in [-0.2, 0) is 0 Å². The first kappa shape index (κ1) is 9.99. The smallest absolute Gasteiger partial charge is 0.0992 e. The summed E-state index contributed by atoms with van der Waals surface area (Å²) in [5, 5.41) is 9.52. The third-order valence-corrected chi connectivity index (χ3v) is 4.10. The standard InChI is InChI=1S/C13H13ClN2/c14-12-6-9(7-15)2-4-13(12)16-8-10-1-3-11(16)5-10/h2,4,6,10-11H,1,3,5,8H2. The van der Waals surface area contributed by atoms with Crippen molar-refractivity contribution in [1.29, 1.82) is 5.26 Å². The van der Waals surface area contributed by atoms with Crippen molar-refractivity contribution in [1.82, 2.24) is 0 Å². The van der Waals surface area contributed by atoms with Crippen molar-refractivity contribution < 1.29 is 0 Å². The van der Waals surface area contributed by atoms with E-state index in [-0.39, 0.29) is 0 Å². The van der Waals surface area contributed by atoms with Gasteiger partial charge in [0.1, 0.15) is 0 Å². The molecule has 16 heavy (non-hydrogen) atoms. The quantitative estimate of drug-likeness (QED) is 0.744. The fourth-order valence-corrected chi connectivity index (χ4v) is 3.32. The van der Waals surface area contributed by atoms with Crippen LogP contribution in [0.2, 0.25) is 5.02 Å². The van der Waals surface area contributed by atoms with Gasteiger partial charge in [0.25, 0.3) is 0 Å². The minimum atomic E-state index is 0.637. The molecule has 2 atom stereocenters. The highest BCUT2D eigenvalue weighted by Crippen LogP contribution is 2.42. The molecule has 0 N–H and O–H groups in total. The maximum absolute atomic E-state index is 8.80. The zero-order valence-electron chi connectivity index (χ0n) is 8.99. The van der Waals surface area contributed by atoms with E-state index in [0.717, 1.165) is 18.2 Å². The molecule has 1 aromatic carbocycles. The van der Waals surface area contributed by atoms with Crippen LogP contribution in [0.3, 0.4) is 0 Å². The number of rotatable bonds is 1. The predicted molar refractivity (Wildman–Crippen MR) is 64.6 cm³/mol. The van der Waals surface area contributed by atoms with Crippen LogP contribution in [0.15, 0.2) is 18.2 Å². The van der Waals surface area contributed by atoms with Crippen LogP contribution < -0.4 is 4.90 Å². The van der Waals surface area contributed by atoms with E-state index >= 15 is 0 Å². The lowest BCUT2D eigenvalue weighted by molar-refractivity contribution is 0.553. The van der Waals surface area contributed by atoms with Crippen LogP contribution in [0, 0.1) is 17.2 Å². The van der Waals surface area contributed by atoms with E-state index < -0.39 is 0 Å². The lowest BCUT2D eigenvalue weighted by atomic mass is 10.1. The molecule has 1 aliphatic heterocycles. The molecule has 2 unspecified atom stereocenters. The highest BCUT2D eigenvalue weighted by molar-refractivity contribution is 6.33. The molecule has 1 saturated heterocycles. The lowest BCUT2D eigenvalue weighted by Gasteiger charge is -2.29. The SMILES string of the molecule is N#Cc1ccc(N2CC3CCC2C3)c(Cl)c1. The Morgan fingerprint density at radius 3 is 2.81 bits per heavy atom. The average Bonchev–Trinajstić information content (AvgIpc) is 2.90. The summed E-state index contributed by atoms with van der Waals surface area (Å²) in [4.78, 5) is 2.41. The molecule has 0 radical (unpaired) electrons. The Bertz CT molecular complexity index is 463. The summed E-state index contributed by atoms with van der Waals surface area (Å²) in [5.41, 5.74) is 1.74. The number of nitriles is 1. The molecule has 1 saturated carbocycles. The third kappa shape index (κ3) is 1.47. The number of benzene rings is 1.